The van der Waals surface area contributed by atoms with Gasteiger partial charge in [-0.2, -0.15) is 0 Å². The number of carboxylic acids is 1. The number of aromatic nitrogens is 4. The number of rotatable bonds is 4. The molecule has 0 saturated carbocycles. The van der Waals surface area contributed by atoms with Crippen LogP contribution in [0.5, 0.6) is 0 Å². The van der Waals surface area contributed by atoms with Gasteiger partial charge < -0.3 is 24.9 Å². The number of carbonyl (C=O) groups is 1. The first-order valence-electron chi connectivity index (χ1n) is 11.8. The predicted octanol–water partition coefficient (Wildman–Crippen LogP) is 4.25. The number of fused-ring (bicyclic) bond motifs is 4. The number of anilines is 2. The monoisotopic (exact) mass is 504 g/mol. The second-order valence-electron chi connectivity index (χ2n) is 9.17. The van der Waals surface area contributed by atoms with Gasteiger partial charge in [-0.1, -0.05) is 0 Å². The Morgan fingerprint density at radius 2 is 1.89 bits per heavy atom. The average Bonchev–Trinajstić information content (AvgIpc) is 3.56. The number of benzene rings is 1. The van der Waals surface area contributed by atoms with Crippen molar-refractivity contribution in [2.45, 2.75) is 12.8 Å². The molecule has 0 spiro atoms. The zero-order valence-corrected chi connectivity index (χ0v) is 20.0. The van der Waals surface area contributed by atoms with Crippen LogP contribution in [0.2, 0.25) is 0 Å². The number of pyridine rings is 3. The lowest BCUT2D eigenvalue weighted by Crippen LogP contribution is -2.20. The summed E-state index contributed by atoms with van der Waals surface area (Å²) in [7, 11) is 3.25. The van der Waals surface area contributed by atoms with E-state index in [1.54, 1.807) is 32.6 Å². The number of carboxylic acid groups (broad SMARTS) is 1. The van der Waals surface area contributed by atoms with E-state index in [0.717, 1.165) is 18.9 Å². The summed E-state index contributed by atoms with van der Waals surface area (Å²) in [4.78, 5) is 38.8. The van der Waals surface area contributed by atoms with E-state index in [2.05, 4.69) is 25.2 Å². The quantitative estimate of drug-likeness (QED) is 0.335. The predicted molar refractivity (Wildman–Crippen MR) is 137 cm³/mol. The van der Waals surface area contributed by atoms with E-state index in [4.69, 9.17) is 0 Å². The lowest BCUT2D eigenvalue weighted by Gasteiger charge is -2.23. The number of nitrogens with zero attached hydrogens (tertiary/aromatic N) is 4. The Balaban J connectivity index is 1.72. The number of hydrogen-bond donors (Lipinski definition) is 3. The van der Waals surface area contributed by atoms with Gasteiger partial charge in [0.2, 0.25) is 5.43 Å². The third-order valence-corrected chi connectivity index (χ3v) is 7.01. The maximum absolute atomic E-state index is 15.3. The van der Waals surface area contributed by atoms with Crippen LogP contribution in [0.25, 0.3) is 44.1 Å². The largest absolute Gasteiger partial charge is 0.477 e. The molecule has 1 aliphatic heterocycles. The van der Waals surface area contributed by atoms with E-state index in [0.29, 0.717) is 57.8 Å². The summed E-state index contributed by atoms with van der Waals surface area (Å²) in [5.41, 5.74) is 2.28. The van der Waals surface area contributed by atoms with Gasteiger partial charge in [0.05, 0.1) is 33.1 Å². The van der Waals surface area contributed by atoms with Crippen LogP contribution in [0.15, 0.2) is 35.5 Å². The summed E-state index contributed by atoms with van der Waals surface area (Å²) in [6.45, 7) is 1.42. The lowest BCUT2D eigenvalue weighted by molar-refractivity contribution is 0.0695. The number of hydrogen-bond acceptors (Lipinski definition) is 6. The fourth-order valence-corrected chi connectivity index (χ4v) is 5.28. The second kappa shape index (κ2) is 8.26. The summed E-state index contributed by atoms with van der Waals surface area (Å²) in [5, 5.41) is 13.1. The van der Waals surface area contributed by atoms with Crippen LogP contribution in [0.3, 0.4) is 0 Å². The number of aryl methyl sites for hydroxylation is 1. The SMILES string of the molecule is CNc1cc(F)c(F)c2c1[nH]c1ncc(-c3cnc4c(c3)c(=O)c(C(=O)O)cn4C)c(N3CCCC3)c12. The second-order valence-corrected chi connectivity index (χ2v) is 9.17. The molecular weight excluding hydrogens is 482 g/mol. The maximum Gasteiger partial charge on any atom is 0.341 e. The first kappa shape index (κ1) is 22.9. The van der Waals surface area contributed by atoms with Crippen LogP contribution in [0.4, 0.5) is 20.2 Å². The Morgan fingerprint density at radius 3 is 2.59 bits per heavy atom. The molecule has 4 aromatic heterocycles. The van der Waals surface area contributed by atoms with Crippen molar-refractivity contribution >= 4 is 50.3 Å². The summed E-state index contributed by atoms with van der Waals surface area (Å²) < 4.78 is 31.4. The molecule has 1 aliphatic rings. The molecule has 1 fully saturated rings. The van der Waals surface area contributed by atoms with Crippen LogP contribution in [-0.4, -0.2) is 50.7 Å². The van der Waals surface area contributed by atoms with Crippen molar-refractivity contribution in [3.63, 3.8) is 0 Å². The van der Waals surface area contributed by atoms with Crippen molar-refractivity contribution in [1.82, 2.24) is 19.5 Å². The summed E-state index contributed by atoms with van der Waals surface area (Å²) in [5.74, 6) is -3.28. The summed E-state index contributed by atoms with van der Waals surface area (Å²) >= 11 is 0. The summed E-state index contributed by atoms with van der Waals surface area (Å²) in [6, 6.07) is 2.69. The van der Waals surface area contributed by atoms with Gasteiger partial charge >= 0.3 is 5.97 Å². The molecule has 3 N–H and O–H groups in total. The van der Waals surface area contributed by atoms with E-state index in [9.17, 15) is 19.1 Å². The molecule has 0 bridgehead atoms. The zero-order valence-electron chi connectivity index (χ0n) is 20.0. The highest BCUT2D eigenvalue weighted by Crippen LogP contribution is 2.44. The molecule has 6 rings (SSSR count). The van der Waals surface area contributed by atoms with Gasteiger partial charge in [-0.15, -0.1) is 0 Å². The highest BCUT2D eigenvalue weighted by atomic mass is 19.2. The van der Waals surface area contributed by atoms with E-state index in [-0.39, 0.29) is 16.3 Å². The Morgan fingerprint density at radius 1 is 1.14 bits per heavy atom. The highest BCUT2D eigenvalue weighted by Gasteiger charge is 2.27. The van der Waals surface area contributed by atoms with E-state index >= 15 is 4.39 Å². The zero-order chi connectivity index (χ0) is 26.0. The molecule has 0 amide bonds. The topological polar surface area (TPSA) is 116 Å². The molecule has 0 aliphatic carbocycles. The Kier molecular flexibility index (Phi) is 5.11. The molecule has 1 saturated heterocycles. The van der Waals surface area contributed by atoms with Crippen molar-refractivity contribution < 1.29 is 18.7 Å². The van der Waals surface area contributed by atoms with Gasteiger partial charge in [0.15, 0.2) is 11.6 Å². The molecule has 5 aromatic rings. The van der Waals surface area contributed by atoms with Gasteiger partial charge in [0, 0.05) is 63.0 Å². The minimum absolute atomic E-state index is 0.0911. The minimum atomic E-state index is -1.33. The number of H-pyrrole nitrogens is 1. The van der Waals surface area contributed by atoms with Crippen molar-refractivity contribution in [3.8, 4) is 11.1 Å². The van der Waals surface area contributed by atoms with Crippen molar-refractivity contribution in [1.29, 1.82) is 0 Å². The van der Waals surface area contributed by atoms with Crippen LogP contribution < -0.4 is 15.6 Å². The fraction of sp³-hybridized carbons (Fsp3) is 0.231. The standard InChI is InChI=1S/C26H22F2N6O3/c1-29-17-8-16(27)20(28)18-19-22(34-5-3-4-6-34)14(10-30-24(19)32-21(17)18)12-7-13-23(35)15(26(36)37)11-33(2)25(13)31-9-12/h7-11,29H,3-6H2,1-2H3,(H,30,32)(H,36,37). The van der Waals surface area contributed by atoms with Crippen LogP contribution in [0, 0.1) is 11.6 Å². The first-order chi connectivity index (χ1) is 17.8. The van der Waals surface area contributed by atoms with Crippen LogP contribution >= 0.6 is 0 Å². The van der Waals surface area contributed by atoms with E-state index in [1.807, 2.05) is 0 Å². The Labute approximate surface area is 208 Å². The number of aromatic amines is 1. The maximum atomic E-state index is 15.3. The molecule has 5 heterocycles. The molecule has 37 heavy (non-hydrogen) atoms. The van der Waals surface area contributed by atoms with Gasteiger partial charge in [0.25, 0.3) is 0 Å². The van der Waals surface area contributed by atoms with Crippen LogP contribution in [-0.2, 0) is 7.05 Å². The highest BCUT2D eigenvalue weighted by molar-refractivity contribution is 6.18. The third kappa shape index (κ3) is 3.34. The normalized spacial score (nSPS) is 13.8. The van der Waals surface area contributed by atoms with E-state index < -0.39 is 23.0 Å². The van der Waals surface area contributed by atoms with E-state index in [1.165, 1.54) is 10.8 Å². The molecule has 0 radical (unpaired) electrons. The molecule has 1 aromatic carbocycles. The average molecular weight is 504 g/mol. The number of nitrogens with one attached hydrogen (secondary N) is 2. The Hall–Kier alpha value is -4.54. The minimum Gasteiger partial charge on any atom is -0.477 e. The molecule has 188 valence electrons. The fourth-order valence-electron chi connectivity index (χ4n) is 5.28. The van der Waals surface area contributed by atoms with Crippen molar-refractivity contribution in [2.24, 2.45) is 7.05 Å². The molecule has 11 heteroatoms. The van der Waals surface area contributed by atoms with Gasteiger partial charge in [-0.3, -0.25) is 4.79 Å². The lowest BCUT2D eigenvalue weighted by atomic mass is 10.0. The smallest absolute Gasteiger partial charge is 0.341 e. The van der Waals surface area contributed by atoms with Gasteiger partial charge in [-0.25, -0.2) is 23.5 Å². The van der Waals surface area contributed by atoms with Gasteiger partial charge in [-0.05, 0) is 18.9 Å². The van der Waals surface area contributed by atoms with Gasteiger partial charge in [0.1, 0.15) is 16.9 Å². The van der Waals surface area contributed by atoms with Crippen molar-refractivity contribution in [3.05, 3.63) is 58.1 Å². The number of aromatic carboxylic acids is 1. The van der Waals surface area contributed by atoms with Crippen LogP contribution in [0.1, 0.15) is 23.2 Å². The number of halogens is 2. The summed E-state index contributed by atoms with van der Waals surface area (Å²) in [6.07, 6.45) is 6.31. The molecular formula is C26H22F2N6O3. The first-order valence-corrected chi connectivity index (χ1v) is 11.8. The molecule has 9 nitrogen and oxygen atoms in total. The Bertz CT molecular complexity index is 1820. The molecule has 0 atom stereocenters. The van der Waals surface area contributed by atoms with Crippen molar-refractivity contribution in [2.75, 3.05) is 30.4 Å². The molecule has 0 unspecified atom stereocenters. The third-order valence-electron chi connectivity index (χ3n) is 7.01.